The van der Waals surface area contributed by atoms with Gasteiger partial charge in [-0.05, 0) is 111 Å². The Bertz CT molecular complexity index is 3140. The summed E-state index contributed by atoms with van der Waals surface area (Å²) in [5.41, 5.74) is 11.1. The highest BCUT2D eigenvalue weighted by molar-refractivity contribution is 6.07. The summed E-state index contributed by atoms with van der Waals surface area (Å²) in [5, 5.41) is 14.9. The lowest BCUT2D eigenvalue weighted by Gasteiger charge is -2.19. The molecule has 0 aliphatic rings. The summed E-state index contributed by atoms with van der Waals surface area (Å²) in [4.78, 5) is 3.51. The first-order valence-electron chi connectivity index (χ1n) is 23.5. The molecular weight excluding hydrogens is 859 g/mol. The van der Waals surface area contributed by atoms with Crippen LogP contribution in [0.2, 0.25) is 0 Å². The number of benzene rings is 7. The Kier molecular flexibility index (Phi) is 14.5. The molecule has 0 spiro atoms. The first-order valence-corrected chi connectivity index (χ1v) is 23.5. The maximum Gasteiger partial charge on any atom is 0.248 e. The first-order chi connectivity index (χ1) is 33.3. The van der Waals surface area contributed by atoms with E-state index in [1.54, 1.807) is 0 Å². The van der Waals surface area contributed by atoms with Gasteiger partial charge in [-0.2, -0.15) is 0 Å². The summed E-state index contributed by atoms with van der Waals surface area (Å²) in [7, 11) is 0. The lowest BCUT2D eigenvalue weighted by atomic mass is 9.87. The van der Waals surface area contributed by atoms with Crippen LogP contribution in [0.25, 0.3) is 44.7 Å². The minimum atomic E-state index is 0.0486. The molecule has 0 fully saturated rings. The third-order valence-corrected chi connectivity index (χ3v) is 11.8. The van der Waals surface area contributed by atoms with Gasteiger partial charge >= 0.3 is 0 Å². The van der Waals surface area contributed by atoms with E-state index in [1.807, 2.05) is 123 Å². The third-order valence-electron chi connectivity index (χ3n) is 11.8. The Morgan fingerprint density at radius 2 is 0.986 bits per heavy atom. The number of para-hydroxylation sites is 1. The highest BCUT2D eigenvalue weighted by atomic mass is 16.5. The molecular formula is C59H61N5O5. The summed E-state index contributed by atoms with van der Waals surface area (Å²) in [6, 6.07) is 52.8. The molecule has 10 nitrogen and oxygen atoms in total. The summed E-state index contributed by atoms with van der Waals surface area (Å²) in [6.45, 7) is 18.4. The number of nitrogens with two attached hydrogens (primary N) is 1. The second-order valence-corrected chi connectivity index (χ2v) is 18.9. The molecule has 7 aromatic carbocycles. The van der Waals surface area contributed by atoms with E-state index in [-0.39, 0.29) is 10.8 Å². The van der Waals surface area contributed by atoms with Gasteiger partial charge in [-0.15, -0.1) is 15.3 Å². The highest BCUT2D eigenvalue weighted by Crippen LogP contribution is 2.32. The number of aromatic nitrogens is 3. The van der Waals surface area contributed by atoms with Gasteiger partial charge in [-0.3, -0.25) is 0 Å². The third kappa shape index (κ3) is 11.8. The van der Waals surface area contributed by atoms with Crippen LogP contribution in [0, 0.1) is 0 Å². The van der Waals surface area contributed by atoms with E-state index < -0.39 is 0 Å². The normalized spacial score (nSPS) is 11.9. The van der Waals surface area contributed by atoms with E-state index >= 15 is 0 Å². The number of rotatable bonds is 14. The van der Waals surface area contributed by atoms with Crippen molar-refractivity contribution in [3.05, 3.63) is 197 Å². The van der Waals surface area contributed by atoms with Crippen LogP contribution in [-0.4, -0.2) is 21.1 Å². The number of fused-ring (bicyclic) bond motifs is 3. The van der Waals surface area contributed by atoms with Gasteiger partial charge < -0.3 is 34.2 Å². The van der Waals surface area contributed by atoms with Crippen molar-refractivity contribution in [1.29, 1.82) is 0 Å². The zero-order valence-electron chi connectivity index (χ0n) is 40.8. The number of nitrogens with one attached hydrogen (secondary N) is 1. The van der Waals surface area contributed by atoms with E-state index in [0.717, 1.165) is 61.1 Å². The zero-order valence-corrected chi connectivity index (χ0v) is 40.8. The average Bonchev–Trinajstić information content (AvgIpc) is 4.01. The minimum absolute atomic E-state index is 0.0486. The van der Waals surface area contributed by atoms with E-state index in [2.05, 4.69) is 110 Å². The van der Waals surface area contributed by atoms with Crippen LogP contribution in [0.3, 0.4) is 0 Å². The summed E-state index contributed by atoms with van der Waals surface area (Å²) >= 11 is 0. The molecule has 0 saturated carbocycles. The van der Waals surface area contributed by atoms with Crippen molar-refractivity contribution < 1.29 is 23.4 Å². The van der Waals surface area contributed by atoms with Crippen molar-refractivity contribution in [2.24, 2.45) is 10.9 Å². The van der Waals surface area contributed by atoms with Gasteiger partial charge in [0.2, 0.25) is 17.7 Å². The smallest absolute Gasteiger partial charge is 0.248 e. The van der Waals surface area contributed by atoms with Gasteiger partial charge in [0.1, 0.15) is 43.7 Å². The van der Waals surface area contributed by atoms with Crippen molar-refractivity contribution in [2.75, 3.05) is 0 Å². The Morgan fingerprint density at radius 3 is 1.55 bits per heavy atom. The molecule has 0 saturated heterocycles. The molecule has 2 aromatic heterocycles. The molecule has 2 heterocycles. The van der Waals surface area contributed by atoms with Crippen LogP contribution in [0.4, 0.5) is 0 Å². The molecule has 69 heavy (non-hydrogen) atoms. The standard InChI is InChI=1S/C57H55N5O5.C2H6/c1-56(2,3)44-23-19-41(20-24-44)53(60-58)66-35-38-13-11-37(12-14-38)33-64-47-29-40(36-63-46-27-28-50-49-9-7-8-10-51(49)59-52(50)32-46)30-48(31-47)65-34-39-15-17-42(18-16-39)54-61-62-55(67-54)43-21-25-45(26-22-43)57(4,5)6;1-2/h7-32,59H,33-36,58H2,1-6H3;1-2H3/b60-53-;. The van der Waals surface area contributed by atoms with Crippen LogP contribution in [0.5, 0.6) is 17.2 Å². The fourth-order valence-electron chi connectivity index (χ4n) is 7.81. The molecule has 0 aliphatic heterocycles. The molecule has 9 aromatic rings. The number of ether oxygens (including phenoxy) is 4. The Labute approximate surface area is 405 Å². The lowest BCUT2D eigenvalue weighted by Crippen LogP contribution is -2.13. The maximum absolute atomic E-state index is 6.41. The van der Waals surface area contributed by atoms with Gasteiger partial charge in [0.15, 0.2) is 0 Å². The van der Waals surface area contributed by atoms with Crippen LogP contribution >= 0.6 is 0 Å². The summed E-state index contributed by atoms with van der Waals surface area (Å²) < 4.78 is 31.3. The van der Waals surface area contributed by atoms with E-state index in [9.17, 15) is 0 Å². The molecule has 352 valence electrons. The average molecular weight is 920 g/mol. The van der Waals surface area contributed by atoms with Gasteiger partial charge in [-0.1, -0.05) is 134 Å². The van der Waals surface area contributed by atoms with Crippen LogP contribution in [-0.2, 0) is 42.0 Å². The molecule has 10 heteroatoms. The minimum Gasteiger partial charge on any atom is -0.489 e. The van der Waals surface area contributed by atoms with Crippen molar-refractivity contribution >= 4 is 27.7 Å². The van der Waals surface area contributed by atoms with Crippen molar-refractivity contribution in [3.8, 4) is 40.2 Å². The molecule has 0 atom stereocenters. The maximum atomic E-state index is 6.41. The molecule has 9 rings (SSSR count). The second-order valence-electron chi connectivity index (χ2n) is 18.9. The SMILES string of the molecule is CC.CC(C)(C)c1ccc(/C(=N/N)OCc2ccc(COc3cc(COc4ccc5c(c4)[nH]c4ccccc45)cc(OCc4ccc(-c5nnc(-c6ccc(C(C)(C)C)cc6)o5)cc4)c3)cc2)cc1. The summed E-state index contributed by atoms with van der Waals surface area (Å²) in [6.07, 6.45) is 0. The molecule has 0 bridgehead atoms. The molecule has 0 aliphatic carbocycles. The topological polar surface area (TPSA) is 130 Å². The fourth-order valence-corrected chi connectivity index (χ4v) is 7.81. The predicted molar refractivity (Wildman–Crippen MR) is 278 cm³/mol. The number of hydrazone groups is 1. The second kappa shape index (κ2) is 21.0. The number of nitrogens with zero attached hydrogens (tertiary/aromatic N) is 3. The fraction of sp³-hybridized carbons (Fsp3) is 0.237. The van der Waals surface area contributed by atoms with E-state index in [1.165, 1.54) is 16.5 Å². The predicted octanol–water partition coefficient (Wildman–Crippen LogP) is 14.2. The quantitative estimate of drug-likeness (QED) is 0.0477. The number of hydrogen-bond donors (Lipinski definition) is 2. The van der Waals surface area contributed by atoms with Gasteiger partial charge in [0, 0.05) is 45.1 Å². The van der Waals surface area contributed by atoms with E-state index in [4.69, 9.17) is 29.2 Å². The number of hydrogen-bond acceptors (Lipinski definition) is 9. The van der Waals surface area contributed by atoms with Crippen LogP contribution < -0.4 is 20.1 Å². The Balaban J connectivity index is 0.00000317. The van der Waals surface area contributed by atoms with Gasteiger partial charge in [0.05, 0.1) is 5.52 Å². The summed E-state index contributed by atoms with van der Waals surface area (Å²) in [5.74, 6) is 9.14. The first kappa shape index (κ1) is 47.6. The Hall–Kier alpha value is -7.85. The lowest BCUT2D eigenvalue weighted by molar-refractivity contribution is 0.281. The monoisotopic (exact) mass is 919 g/mol. The molecule has 0 radical (unpaired) electrons. The van der Waals surface area contributed by atoms with E-state index in [0.29, 0.717) is 55.6 Å². The van der Waals surface area contributed by atoms with Crippen molar-refractivity contribution in [2.45, 2.75) is 92.6 Å². The molecule has 3 N–H and O–H groups in total. The number of aromatic amines is 1. The highest BCUT2D eigenvalue weighted by Gasteiger charge is 2.17. The largest absolute Gasteiger partial charge is 0.489 e. The number of H-pyrrole nitrogens is 1. The van der Waals surface area contributed by atoms with Gasteiger partial charge in [0.25, 0.3) is 0 Å². The molecule has 0 amide bonds. The van der Waals surface area contributed by atoms with Crippen LogP contribution in [0.1, 0.15) is 94.3 Å². The zero-order chi connectivity index (χ0) is 48.5. The Morgan fingerprint density at radius 1 is 0.507 bits per heavy atom. The van der Waals surface area contributed by atoms with Crippen molar-refractivity contribution in [3.63, 3.8) is 0 Å². The van der Waals surface area contributed by atoms with Gasteiger partial charge in [-0.25, -0.2) is 0 Å². The van der Waals surface area contributed by atoms with Crippen LogP contribution in [0.15, 0.2) is 167 Å². The molecule has 0 unspecified atom stereocenters. The van der Waals surface area contributed by atoms with Crippen molar-refractivity contribution in [1.82, 2.24) is 15.2 Å².